The van der Waals surface area contributed by atoms with Gasteiger partial charge in [-0.3, -0.25) is 24.0 Å². The molecule has 6 N–H and O–H groups in total. The fraction of sp³-hybridized carbons (Fsp3) is 0.652. The number of aryl methyl sites for hydroxylation is 4. The molecule has 3 saturated carbocycles. The minimum absolute atomic E-state index is 0.0175. The van der Waals surface area contributed by atoms with Crippen LogP contribution in [0.3, 0.4) is 0 Å². The molecular formula is C69H106N11O10+. The van der Waals surface area contributed by atoms with Crippen molar-refractivity contribution in [3.63, 3.8) is 0 Å². The summed E-state index contributed by atoms with van der Waals surface area (Å²) < 4.78 is 30.1. The normalized spacial score (nSPS) is 22.4. The predicted octanol–water partition coefficient (Wildman–Crippen LogP) is 10.1. The summed E-state index contributed by atoms with van der Waals surface area (Å²) in [6, 6.07) is 8.20. The third-order valence-electron chi connectivity index (χ3n) is 20.3. The summed E-state index contributed by atoms with van der Waals surface area (Å²) in [6.45, 7) is 17.5. The standard InChI is InChI=1S/C69H105N11O10/c1-47(2)17-12-18-48(3)55-22-23-56-54-21-20-49-39-53(24-26-68(49,4)57(54)25-27-69(55,56)5)90-67(86)72-28-14-32-80(10,11)46-62(81)70-29-15-33-87-35-37-89-38-36-88-34-16-30-71-63(82)59-40-50(43-77(59)7)74-65(84)61-42-52(45-79(61)9)75-66(85)60-41-51(44-78(60)8)73-64(83)58-19-13-31-76(58)6/h13,19-20,31,40-45,47-48,53-57H,12,14-18,21-30,32-39,46H2,1-11H3,(H5-,70,71,72,73,74,75,81,82,83,84,85,86)/p+1/t48-,53+,54+,55-,56+,57+,68+,69-/m1/s1. The van der Waals surface area contributed by atoms with Crippen molar-refractivity contribution in [2.24, 2.45) is 74.5 Å². The Bertz CT molecular complexity index is 3120. The van der Waals surface area contributed by atoms with Crippen molar-refractivity contribution in [2.75, 3.05) is 102 Å². The Hall–Kier alpha value is -6.68. The molecule has 4 aromatic heterocycles. The van der Waals surface area contributed by atoms with Crippen molar-refractivity contribution in [2.45, 2.75) is 131 Å². The number of carbonyl (C=O) groups excluding carboxylic acids is 6. The molecule has 4 aromatic rings. The van der Waals surface area contributed by atoms with Gasteiger partial charge in [0.15, 0.2) is 6.54 Å². The van der Waals surface area contributed by atoms with Crippen LogP contribution in [0.4, 0.5) is 21.9 Å². The summed E-state index contributed by atoms with van der Waals surface area (Å²) in [6.07, 6.45) is 24.6. The Kier molecular flexibility index (Phi) is 24.3. The molecule has 4 heterocycles. The van der Waals surface area contributed by atoms with Gasteiger partial charge < -0.3 is 73.6 Å². The van der Waals surface area contributed by atoms with E-state index in [1.165, 1.54) is 56.9 Å². The molecule has 4 aliphatic rings. The van der Waals surface area contributed by atoms with Gasteiger partial charge in [0, 0.05) is 98.7 Å². The molecule has 496 valence electrons. The van der Waals surface area contributed by atoms with Gasteiger partial charge in [-0.2, -0.15) is 0 Å². The van der Waals surface area contributed by atoms with E-state index in [1.807, 2.05) is 14.1 Å². The van der Waals surface area contributed by atoms with Gasteiger partial charge in [-0.05, 0) is 134 Å². The molecule has 0 radical (unpaired) electrons. The van der Waals surface area contributed by atoms with Gasteiger partial charge in [0.25, 0.3) is 29.5 Å². The molecule has 0 aromatic carbocycles. The first-order chi connectivity index (χ1) is 42.9. The lowest BCUT2D eigenvalue weighted by Crippen LogP contribution is -2.51. The van der Waals surface area contributed by atoms with Crippen LogP contribution < -0.4 is 31.9 Å². The second-order valence-corrected chi connectivity index (χ2v) is 27.8. The fourth-order valence-electron chi connectivity index (χ4n) is 15.4. The summed E-state index contributed by atoms with van der Waals surface area (Å²) in [5.74, 6) is 3.37. The lowest BCUT2D eigenvalue weighted by molar-refractivity contribution is -0.882. The number of ether oxygens (including phenoxy) is 4. The number of hydrogen-bond acceptors (Lipinski definition) is 10. The Balaban J connectivity index is 0.604. The second kappa shape index (κ2) is 31.6. The number of rotatable bonds is 33. The smallest absolute Gasteiger partial charge is 0.407 e. The number of likely N-dealkylation sites (N-methyl/N-ethyl adjacent to an activating group) is 1. The van der Waals surface area contributed by atoms with E-state index in [0.29, 0.717) is 123 Å². The minimum Gasteiger partial charge on any atom is -0.446 e. The molecule has 90 heavy (non-hydrogen) atoms. The van der Waals surface area contributed by atoms with Crippen LogP contribution in [0, 0.1) is 46.3 Å². The van der Waals surface area contributed by atoms with Crippen LogP contribution in [0.5, 0.6) is 0 Å². The highest BCUT2D eigenvalue weighted by molar-refractivity contribution is 6.08. The number of hydrogen-bond donors (Lipinski definition) is 6. The van der Waals surface area contributed by atoms with Crippen molar-refractivity contribution < 1.29 is 52.2 Å². The Labute approximate surface area is 534 Å². The quantitative estimate of drug-likeness (QED) is 0.0150. The van der Waals surface area contributed by atoms with Crippen LogP contribution >= 0.6 is 0 Å². The molecule has 0 aliphatic heterocycles. The predicted molar refractivity (Wildman–Crippen MR) is 350 cm³/mol. The Morgan fingerprint density at radius 2 is 1.17 bits per heavy atom. The number of amides is 6. The van der Waals surface area contributed by atoms with Crippen LogP contribution in [0.2, 0.25) is 0 Å². The molecule has 8 rings (SSSR count). The molecular weight excluding hydrogens is 1140 g/mol. The van der Waals surface area contributed by atoms with E-state index in [-0.39, 0.29) is 41.0 Å². The van der Waals surface area contributed by atoms with Gasteiger partial charge in [-0.1, -0.05) is 65.5 Å². The zero-order valence-electron chi connectivity index (χ0n) is 55.8. The summed E-state index contributed by atoms with van der Waals surface area (Å²) in [7, 11) is 10.9. The molecule has 0 unspecified atom stereocenters. The van der Waals surface area contributed by atoms with E-state index in [9.17, 15) is 28.8 Å². The minimum atomic E-state index is -0.434. The van der Waals surface area contributed by atoms with E-state index in [4.69, 9.17) is 18.9 Å². The number of carbonyl (C=O) groups is 6. The average Bonchev–Trinajstić information content (AvgIpc) is 1.42. The lowest BCUT2D eigenvalue weighted by Gasteiger charge is -2.58. The highest BCUT2D eigenvalue weighted by atomic mass is 16.6. The van der Waals surface area contributed by atoms with Crippen LogP contribution in [-0.2, 0) is 51.9 Å². The molecule has 4 aliphatic carbocycles. The topological polar surface area (TPSA) is 231 Å². The molecule has 8 atom stereocenters. The lowest BCUT2D eigenvalue weighted by atomic mass is 9.47. The number of anilines is 3. The zero-order valence-corrected chi connectivity index (χ0v) is 55.8. The maximum atomic E-state index is 13.3. The highest BCUT2D eigenvalue weighted by Crippen LogP contribution is 2.67. The SMILES string of the molecule is CC(C)CCC[C@@H](C)[C@H]1CC[C@H]2[C@@H]3CC=C4C[C@@H](OC(=O)NCCC[N+](C)(C)CC(=O)NCCCOCCOCCOCCCNC(=O)c5cc(NC(=O)c6cc(NC(=O)c7cc(NC(=O)c8cccn8C)cn7C)cn6C)cn5C)CC[C@]4(C)[C@H]3CC[C@]12C. The number of alkyl carbamates (subject to hydrolysis) is 1. The monoisotopic (exact) mass is 1250 g/mol. The second-order valence-electron chi connectivity index (χ2n) is 27.8. The van der Waals surface area contributed by atoms with E-state index < -0.39 is 11.8 Å². The summed E-state index contributed by atoms with van der Waals surface area (Å²) in [5.41, 5.74) is 4.95. The third-order valence-corrected chi connectivity index (χ3v) is 20.3. The van der Waals surface area contributed by atoms with Crippen LogP contribution in [-0.4, -0.2) is 151 Å². The first-order valence-electron chi connectivity index (χ1n) is 33.2. The zero-order chi connectivity index (χ0) is 64.8. The van der Waals surface area contributed by atoms with Gasteiger partial charge in [-0.15, -0.1) is 0 Å². The van der Waals surface area contributed by atoms with Crippen molar-refractivity contribution in [1.82, 2.24) is 34.2 Å². The molecule has 6 amide bonds. The molecule has 0 bridgehead atoms. The number of aromatic nitrogens is 4. The van der Waals surface area contributed by atoms with Gasteiger partial charge in [-0.25, -0.2) is 4.79 Å². The number of quaternary nitrogens is 1. The molecule has 0 saturated heterocycles. The number of allylic oxidation sites excluding steroid dienone is 1. The summed E-state index contributed by atoms with van der Waals surface area (Å²) >= 11 is 0. The first kappa shape index (κ1) is 69.2. The highest BCUT2D eigenvalue weighted by Gasteiger charge is 2.59. The number of nitrogens with zero attached hydrogens (tertiary/aromatic N) is 5. The van der Waals surface area contributed by atoms with Crippen molar-refractivity contribution in [3.8, 4) is 0 Å². The van der Waals surface area contributed by atoms with E-state index in [2.05, 4.69) is 72.6 Å². The largest absolute Gasteiger partial charge is 0.446 e. The number of nitrogens with one attached hydrogen (secondary N) is 6. The average molecular weight is 1250 g/mol. The Morgan fingerprint density at radius 1 is 0.611 bits per heavy atom. The van der Waals surface area contributed by atoms with Crippen LogP contribution in [0.15, 0.2) is 66.8 Å². The van der Waals surface area contributed by atoms with E-state index in [0.717, 1.165) is 67.7 Å². The van der Waals surface area contributed by atoms with Gasteiger partial charge in [0.2, 0.25) is 0 Å². The molecule has 21 heteroatoms. The maximum Gasteiger partial charge on any atom is 0.407 e. The number of fused-ring (bicyclic) bond motifs is 5. The summed E-state index contributed by atoms with van der Waals surface area (Å²) in [4.78, 5) is 78.1. The molecule has 0 spiro atoms. The maximum absolute atomic E-state index is 13.3. The third kappa shape index (κ3) is 18.1. The van der Waals surface area contributed by atoms with Crippen molar-refractivity contribution >= 4 is 52.7 Å². The van der Waals surface area contributed by atoms with E-state index >= 15 is 0 Å². The fourth-order valence-corrected chi connectivity index (χ4v) is 15.4. The summed E-state index contributed by atoms with van der Waals surface area (Å²) in [5, 5.41) is 17.4. The van der Waals surface area contributed by atoms with Gasteiger partial charge in [0.1, 0.15) is 28.9 Å². The van der Waals surface area contributed by atoms with Gasteiger partial charge in [0.05, 0.1) is 64.1 Å². The molecule has 21 nitrogen and oxygen atoms in total. The van der Waals surface area contributed by atoms with Crippen LogP contribution in [0.25, 0.3) is 0 Å². The van der Waals surface area contributed by atoms with Crippen LogP contribution in [0.1, 0.15) is 166 Å². The van der Waals surface area contributed by atoms with E-state index in [1.54, 1.807) is 102 Å². The van der Waals surface area contributed by atoms with Crippen molar-refractivity contribution in [3.05, 3.63) is 89.5 Å². The van der Waals surface area contributed by atoms with Crippen molar-refractivity contribution in [1.29, 1.82) is 0 Å². The van der Waals surface area contributed by atoms with Gasteiger partial charge >= 0.3 is 6.09 Å². The first-order valence-corrected chi connectivity index (χ1v) is 33.2. The molecule has 3 fully saturated rings. The Morgan fingerprint density at radius 3 is 1.74 bits per heavy atom.